The molecule has 156 valence electrons. The summed E-state index contributed by atoms with van der Waals surface area (Å²) in [6.07, 6.45) is 14.7. The first-order valence-electron chi connectivity index (χ1n) is 11.5. The maximum atomic E-state index is 4.42. The van der Waals surface area contributed by atoms with Crippen LogP contribution in [0.25, 0.3) is 5.57 Å². The van der Waals surface area contributed by atoms with Crippen molar-refractivity contribution >= 4 is 5.57 Å². The molecule has 0 spiro atoms. The fourth-order valence-electron chi connectivity index (χ4n) is 3.79. The van der Waals surface area contributed by atoms with Crippen molar-refractivity contribution in [2.24, 2.45) is 11.8 Å². The van der Waals surface area contributed by atoms with Crippen LogP contribution in [0.15, 0.2) is 48.6 Å². The van der Waals surface area contributed by atoms with Crippen molar-refractivity contribution in [1.29, 1.82) is 0 Å². The smallest absolute Gasteiger partial charge is 0.00100 e. The fourth-order valence-corrected chi connectivity index (χ4v) is 3.79. The van der Waals surface area contributed by atoms with Crippen LogP contribution < -0.4 is 0 Å². The first-order valence-corrected chi connectivity index (χ1v) is 11.5. The van der Waals surface area contributed by atoms with E-state index in [0.717, 1.165) is 6.42 Å². The average molecular weight is 381 g/mol. The van der Waals surface area contributed by atoms with Gasteiger partial charge in [0.15, 0.2) is 0 Å². The molecule has 0 aliphatic heterocycles. The van der Waals surface area contributed by atoms with Gasteiger partial charge in [-0.3, -0.25) is 0 Å². The van der Waals surface area contributed by atoms with Gasteiger partial charge in [-0.15, -0.1) is 0 Å². The Kier molecular flexibility index (Phi) is 11.2. The van der Waals surface area contributed by atoms with Crippen molar-refractivity contribution < 1.29 is 0 Å². The minimum absolute atomic E-state index is 0.421. The summed E-state index contributed by atoms with van der Waals surface area (Å²) in [5.41, 5.74) is 6.99. The molecular weight excluding hydrogens is 336 g/mol. The Labute approximate surface area is 175 Å². The van der Waals surface area contributed by atoms with E-state index in [4.69, 9.17) is 0 Å². The van der Waals surface area contributed by atoms with E-state index in [9.17, 15) is 0 Å². The molecule has 0 saturated heterocycles. The minimum Gasteiger partial charge on any atom is -0.0990 e. The van der Waals surface area contributed by atoms with Crippen molar-refractivity contribution in [2.45, 2.75) is 92.9 Å². The molecule has 0 nitrogen and oxygen atoms in total. The molecule has 3 unspecified atom stereocenters. The summed E-state index contributed by atoms with van der Waals surface area (Å²) in [7, 11) is 0. The van der Waals surface area contributed by atoms with Crippen LogP contribution in [-0.2, 0) is 6.42 Å². The van der Waals surface area contributed by atoms with Crippen molar-refractivity contribution in [3.63, 3.8) is 0 Å². The van der Waals surface area contributed by atoms with E-state index in [1.165, 1.54) is 59.9 Å². The Morgan fingerprint density at radius 2 is 1.75 bits per heavy atom. The summed E-state index contributed by atoms with van der Waals surface area (Å²) < 4.78 is 0. The lowest BCUT2D eigenvalue weighted by Crippen LogP contribution is -2.06. The standard InChI is InChI=1S/C28H44/c1-9-12-13-14-15-22(5)25(8)23(6)16-17-24(7)27-19-18-26(11-3)28(20-27)21(4)10-2/h10,16-20,22-24H,8-9,11-15H2,1-7H3. The van der Waals surface area contributed by atoms with E-state index in [1.807, 2.05) is 0 Å². The first-order chi connectivity index (χ1) is 13.3. The zero-order chi connectivity index (χ0) is 21.1. The highest BCUT2D eigenvalue weighted by molar-refractivity contribution is 5.67. The number of unbranched alkanes of at least 4 members (excludes halogenated alkanes) is 3. The molecule has 0 aliphatic carbocycles. The molecule has 0 heterocycles. The molecule has 0 amide bonds. The van der Waals surface area contributed by atoms with Gasteiger partial charge in [-0.1, -0.05) is 109 Å². The monoisotopic (exact) mass is 380 g/mol. The third-order valence-corrected chi connectivity index (χ3v) is 6.30. The van der Waals surface area contributed by atoms with Crippen LogP contribution in [0.2, 0.25) is 0 Å². The van der Waals surface area contributed by atoms with Crippen LogP contribution in [0.4, 0.5) is 0 Å². The average Bonchev–Trinajstić information content (AvgIpc) is 2.72. The van der Waals surface area contributed by atoms with Crippen molar-refractivity contribution in [3.05, 3.63) is 65.3 Å². The Morgan fingerprint density at radius 1 is 1.04 bits per heavy atom. The molecule has 3 atom stereocenters. The van der Waals surface area contributed by atoms with Crippen molar-refractivity contribution in [2.75, 3.05) is 0 Å². The SMILES string of the molecule is C=C(C(C)C=CC(C)c1ccc(CC)c(C(C)=CC)c1)C(C)CCCCCC. The summed E-state index contributed by atoms with van der Waals surface area (Å²) in [6, 6.07) is 7.00. The first kappa shape index (κ1) is 24.5. The van der Waals surface area contributed by atoms with Gasteiger partial charge in [0.25, 0.3) is 0 Å². The zero-order valence-corrected chi connectivity index (χ0v) is 19.6. The second kappa shape index (κ2) is 12.8. The van der Waals surface area contributed by atoms with Crippen molar-refractivity contribution in [3.8, 4) is 0 Å². The van der Waals surface area contributed by atoms with Crippen molar-refractivity contribution in [1.82, 2.24) is 0 Å². The Bertz CT molecular complexity index is 659. The van der Waals surface area contributed by atoms with Crippen LogP contribution in [0.1, 0.15) is 103 Å². The van der Waals surface area contributed by atoms with E-state index in [1.54, 1.807) is 0 Å². The lowest BCUT2D eigenvalue weighted by Gasteiger charge is -2.19. The minimum atomic E-state index is 0.421. The van der Waals surface area contributed by atoms with Gasteiger partial charge in [-0.05, 0) is 66.7 Å². The fraction of sp³-hybridized carbons (Fsp3) is 0.571. The largest absolute Gasteiger partial charge is 0.0990 e. The van der Waals surface area contributed by atoms with Crippen LogP contribution in [0.3, 0.4) is 0 Å². The number of aryl methyl sites for hydroxylation is 1. The number of rotatable bonds is 12. The van der Waals surface area contributed by atoms with Gasteiger partial charge in [-0.25, -0.2) is 0 Å². The van der Waals surface area contributed by atoms with E-state index >= 15 is 0 Å². The summed E-state index contributed by atoms with van der Waals surface area (Å²) in [4.78, 5) is 0. The molecule has 0 saturated carbocycles. The van der Waals surface area contributed by atoms with Gasteiger partial charge < -0.3 is 0 Å². The Balaban J connectivity index is 2.76. The normalized spacial score (nSPS) is 15.6. The second-order valence-electron chi connectivity index (χ2n) is 8.53. The van der Waals surface area contributed by atoms with Gasteiger partial charge in [0.1, 0.15) is 0 Å². The van der Waals surface area contributed by atoms with Gasteiger partial charge in [0.05, 0.1) is 0 Å². The van der Waals surface area contributed by atoms with E-state index < -0.39 is 0 Å². The van der Waals surface area contributed by atoms with Crippen LogP contribution in [0, 0.1) is 11.8 Å². The molecular formula is C28H44. The lowest BCUT2D eigenvalue weighted by molar-refractivity contribution is 0.517. The zero-order valence-electron chi connectivity index (χ0n) is 19.6. The molecule has 0 aromatic heterocycles. The highest BCUT2D eigenvalue weighted by Gasteiger charge is 2.13. The van der Waals surface area contributed by atoms with Gasteiger partial charge >= 0.3 is 0 Å². The molecule has 0 radical (unpaired) electrons. The highest BCUT2D eigenvalue weighted by Crippen LogP contribution is 2.28. The molecule has 1 aromatic carbocycles. The topological polar surface area (TPSA) is 0 Å². The van der Waals surface area contributed by atoms with E-state index in [0.29, 0.717) is 17.8 Å². The van der Waals surface area contributed by atoms with Crippen LogP contribution >= 0.6 is 0 Å². The number of hydrogen-bond acceptors (Lipinski definition) is 0. The number of hydrogen-bond donors (Lipinski definition) is 0. The molecule has 0 heteroatoms. The maximum Gasteiger partial charge on any atom is -0.00100 e. The molecule has 1 aromatic rings. The molecule has 0 N–H and O–H groups in total. The highest BCUT2D eigenvalue weighted by atomic mass is 14.2. The van der Waals surface area contributed by atoms with E-state index in [2.05, 4.69) is 91.5 Å². The molecule has 28 heavy (non-hydrogen) atoms. The van der Waals surface area contributed by atoms with Crippen LogP contribution in [-0.4, -0.2) is 0 Å². The molecule has 0 aliphatic rings. The number of benzene rings is 1. The van der Waals surface area contributed by atoms with Gasteiger partial charge in [-0.2, -0.15) is 0 Å². The Hall–Kier alpha value is -1.56. The predicted octanol–water partition coefficient (Wildman–Crippen LogP) is 9.13. The molecule has 0 fully saturated rings. The number of allylic oxidation sites excluding steroid dienone is 5. The second-order valence-corrected chi connectivity index (χ2v) is 8.53. The Morgan fingerprint density at radius 3 is 2.36 bits per heavy atom. The van der Waals surface area contributed by atoms with E-state index in [-0.39, 0.29) is 0 Å². The summed E-state index contributed by atoms with van der Waals surface area (Å²) >= 11 is 0. The van der Waals surface area contributed by atoms with Gasteiger partial charge in [0, 0.05) is 0 Å². The van der Waals surface area contributed by atoms with Crippen LogP contribution in [0.5, 0.6) is 0 Å². The lowest BCUT2D eigenvalue weighted by atomic mass is 9.86. The third-order valence-electron chi connectivity index (χ3n) is 6.30. The summed E-state index contributed by atoms with van der Waals surface area (Å²) in [5.74, 6) is 1.47. The summed E-state index contributed by atoms with van der Waals surface area (Å²) in [5, 5.41) is 0. The maximum absolute atomic E-state index is 4.42. The summed E-state index contributed by atoms with van der Waals surface area (Å²) in [6.45, 7) is 20.2. The molecule has 0 bridgehead atoms. The molecule has 1 rings (SSSR count). The quantitative estimate of drug-likeness (QED) is 0.250. The van der Waals surface area contributed by atoms with Gasteiger partial charge in [0.2, 0.25) is 0 Å². The third kappa shape index (κ3) is 7.46. The predicted molar refractivity (Wildman–Crippen MR) is 129 cm³/mol.